The number of carbonyl (C=O) groups excluding carboxylic acids is 1. The molecule has 0 aromatic heterocycles. The van der Waals surface area contributed by atoms with Crippen LogP contribution in [0.5, 0.6) is 0 Å². The van der Waals surface area contributed by atoms with Crippen LogP contribution < -0.4 is 11.1 Å². The molecule has 1 aliphatic rings. The molecular weight excluding hydrogens is 220 g/mol. The van der Waals surface area contributed by atoms with Gasteiger partial charge in [0.1, 0.15) is 6.04 Å². The highest BCUT2D eigenvalue weighted by Gasteiger charge is 2.34. The Morgan fingerprint density at radius 2 is 2.00 bits per heavy atom. The van der Waals surface area contributed by atoms with Crippen LogP contribution in [0.15, 0.2) is 12.2 Å². The van der Waals surface area contributed by atoms with E-state index in [0.29, 0.717) is 6.42 Å². The predicted molar refractivity (Wildman–Crippen MR) is 64.2 cm³/mol. The lowest BCUT2D eigenvalue weighted by Crippen LogP contribution is -2.50. The Hall–Kier alpha value is -1.36. The van der Waals surface area contributed by atoms with E-state index in [9.17, 15) is 9.59 Å². The van der Waals surface area contributed by atoms with Crippen LogP contribution in [-0.4, -0.2) is 29.1 Å². The predicted octanol–water partition coefficient (Wildman–Crippen LogP) is 0.505. The van der Waals surface area contributed by atoms with E-state index in [1.807, 2.05) is 0 Å². The minimum absolute atomic E-state index is 0.108. The van der Waals surface area contributed by atoms with Gasteiger partial charge in [0.05, 0.1) is 5.92 Å². The van der Waals surface area contributed by atoms with Gasteiger partial charge in [-0.3, -0.25) is 4.79 Å². The second-order valence-corrected chi connectivity index (χ2v) is 5.54. The molecule has 0 aromatic rings. The van der Waals surface area contributed by atoms with Crippen molar-refractivity contribution in [2.24, 2.45) is 17.1 Å². The first kappa shape index (κ1) is 13.7. The first-order valence-corrected chi connectivity index (χ1v) is 5.69. The number of carbonyl (C=O) groups is 2. The van der Waals surface area contributed by atoms with Gasteiger partial charge in [0, 0.05) is 6.04 Å². The lowest BCUT2D eigenvalue weighted by Gasteiger charge is -2.28. The van der Waals surface area contributed by atoms with E-state index in [1.165, 1.54) is 0 Å². The summed E-state index contributed by atoms with van der Waals surface area (Å²) in [5.74, 6) is -1.59. The Morgan fingerprint density at radius 1 is 1.41 bits per heavy atom. The Balaban J connectivity index is 2.66. The highest BCUT2D eigenvalue weighted by molar-refractivity contribution is 5.86. The number of hydrogen-bond donors (Lipinski definition) is 3. The number of aliphatic carboxylic acids is 1. The largest absolute Gasteiger partial charge is 0.480 e. The smallest absolute Gasteiger partial charge is 0.326 e. The van der Waals surface area contributed by atoms with Gasteiger partial charge in [-0.05, 0) is 11.8 Å². The van der Waals surface area contributed by atoms with Gasteiger partial charge in [0.25, 0.3) is 0 Å². The van der Waals surface area contributed by atoms with Gasteiger partial charge in [-0.25, -0.2) is 4.79 Å². The van der Waals surface area contributed by atoms with Gasteiger partial charge in [-0.1, -0.05) is 32.9 Å². The van der Waals surface area contributed by atoms with Crippen LogP contribution in [0.4, 0.5) is 0 Å². The molecule has 0 aliphatic heterocycles. The van der Waals surface area contributed by atoms with Crippen molar-refractivity contribution >= 4 is 11.9 Å². The van der Waals surface area contributed by atoms with Crippen molar-refractivity contribution in [1.29, 1.82) is 0 Å². The van der Waals surface area contributed by atoms with Crippen LogP contribution in [0.25, 0.3) is 0 Å². The third-order valence-corrected chi connectivity index (χ3v) is 2.85. The van der Waals surface area contributed by atoms with E-state index in [0.717, 1.165) is 0 Å². The lowest BCUT2D eigenvalue weighted by molar-refractivity contribution is -0.145. The summed E-state index contributed by atoms with van der Waals surface area (Å²) in [6, 6.07) is -0.996. The molecule has 0 aromatic carbocycles. The quantitative estimate of drug-likeness (QED) is 0.626. The van der Waals surface area contributed by atoms with Crippen molar-refractivity contribution < 1.29 is 14.7 Å². The Kier molecular flexibility index (Phi) is 3.93. The van der Waals surface area contributed by atoms with Crippen LogP contribution in [-0.2, 0) is 9.59 Å². The van der Waals surface area contributed by atoms with Crippen molar-refractivity contribution in [1.82, 2.24) is 5.32 Å². The van der Waals surface area contributed by atoms with Crippen molar-refractivity contribution in [2.75, 3.05) is 0 Å². The molecule has 1 aliphatic carbocycles. The van der Waals surface area contributed by atoms with E-state index >= 15 is 0 Å². The molecule has 0 saturated heterocycles. The molecule has 0 fully saturated rings. The standard InChI is InChI=1S/C12H20N2O3/c1-12(2,3)9(11(16)17)14-10(15)7-4-5-8(13)6-7/h4-5,7-9H,6,13H2,1-3H3,(H,14,15)(H,16,17)/t7?,8?,9-/m0/s1. The summed E-state index contributed by atoms with van der Waals surface area (Å²) < 4.78 is 0. The highest BCUT2D eigenvalue weighted by atomic mass is 16.4. The highest BCUT2D eigenvalue weighted by Crippen LogP contribution is 2.22. The molecule has 3 atom stereocenters. The summed E-state index contributed by atoms with van der Waals surface area (Å²) in [7, 11) is 0. The Morgan fingerprint density at radius 3 is 2.35 bits per heavy atom. The van der Waals surface area contributed by atoms with Gasteiger partial charge in [0.15, 0.2) is 0 Å². The topological polar surface area (TPSA) is 92.4 Å². The molecule has 5 nitrogen and oxygen atoms in total. The molecule has 1 rings (SSSR count). The number of carboxylic acids is 1. The fourth-order valence-corrected chi connectivity index (χ4v) is 1.82. The van der Waals surface area contributed by atoms with Gasteiger partial charge in [-0.15, -0.1) is 0 Å². The van der Waals surface area contributed by atoms with Gasteiger partial charge >= 0.3 is 5.97 Å². The van der Waals surface area contributed by atoms with Crippen LogP contribution in [0.3, 0.4) is 0 Å². The van der Waals surface area contributed by atoms with E-state index in [-0.39, 0.29) is 17.9 Å². The average Bonchev–Trinajstić information content (AvgIpc) is 2.58. The van der Waals surface area contributed by atoms with Crippen LogP contribution in [0.1, 0.15) is 27.2 Å². The minimum atomic E-state index is -1.02. The van der Waals surface area contributed by atoms with Crippen LogP contribution >= 0.6 is 0 Å². The SMILES string of the molecule is CC(C)(C)[C@@H](NC(=O)C1C=CC(N)C1)C(=O)O. The number of nitrogens with two attached hydrogens (primary N) is 1. The fourth-order valence-electron chi connectivity index (χ4n) is 1.82. The summed E-state index contributed by atoms with van der Waals surface area (Å²) >= 11 is 0. The minimum Gasteiger partial charge on any atom is -0.480 e. The zero-order valence-electron chi connectivity index (χ0n) is 10.4. The molecule has 0 radical (unpaired) electrons. The third-order valence-electron chi connectivity index (χ3n) is 2.85. The molecule has 5 heteroatoms. The number of carboxylic acid groups (broad SMARTS) is 1. The van der Waals surface area contributed by atoms with Crippen LogP contribution in [0.2, 0.25) is 0 Å². The normalized spacial score (nSPS) is 25.6. The number of amides is 1. The number of rotatable bonds is 3. The van der Waals surface area contributed by atoms with Crippen LogP contribution in [0, 0.1) is 11.3 Å². The summed E-state index contributed by atoms with van der Waals surface area (Å²) in [5.41, 5.74) is 5.13. The van der Waals surface area contributed by atoms with Crippen molar-refractivity contribution in [3.63, 3.8) is 0 Å². The summed E-state index contributed by atoms with van der Waals surface area (Å²) in [4.78, 5) is 23.0. The van der Waals surface area contributed by atoms with Crippen molar-refractivity contribution in [3.8, 4) is 0 Å². The fraction of sp³-hybridized carbons (Fsp3) is 0.667. The van der Waals surface area contributed by atoms with E-state index in [1.54, 1.807) is 32.9 Å². The van der Waals surface area contributed by atoms with Gasteiger partial charge in [-0.2, -0.15) is 0 Å². The van der Waals surface area contributed by atoms with E-state index in [4.69, 9.17) is 10.8 Å². The second kappa shape index (κ2) is 4.87. The zero-order chi connectivity index (χ0) is 13.2. The molecule has 1 amide bonds. The zero-order valence-corrected chi connectivity index (χ0v) is 10.4. The summed E-state index contributed by atoms with van der Waals surface area (Å²) in [6.07, 6.45) is 4.06. The van der Waals surface area contributed by atoms with Crippen molar-refractivity contribution in [3.05, 3.63) is 12.2 Å². The third kappa shape index (κ3) is 3.56. The first-order chi connectivity index (χ1) is 7.71. The second-order valence-electron chi connectivity index (χ2n) is 5.54. The van der Waals surface area contributed by atoms with Crippen molar-refractivity contribution in [2.45, 2.75) is 39.3 Å². The van der Waals surface area contributed by atoms with E-state index in [2.05, 4.69) is 5.32 Å². The molecular formula is C12H20N2O3. The maximum absolute atomic E-state index is 11.9. The summed E-state index contributed by atoms with van der Waals surface area (Å²) in [6.45, 7) is 5.34. The Bertz CT molecular complexity index is 344. The number of nitrogens with one attached hydrogen (secondary N) is 1. The molecule has 0 bridgehead atoms. The summed E-state index contributed by atoms with van der Waals surface area (Å²) in [5, 5.41) is 11.7. The van der Waals surface area contributed by atoms with E-state index < -0.39 is 17.4 Å². The molecule has 0 saturated carbocycles. The molecule has 17 heavy (non-hydrogen) atoms. The number of hydrogen-bond acceptors (Lipinski definition) is 3. The molecule has 0 spiro atoms. The monoisotopic (exact) mass is 240 g/mol. The van der Waals surface area contributed by atoms with Gasteiger partial charge in [0.2, 0.25) is 5.91 Å². The Labute approximate surface area is 101 Å². The maximum atomic E-state index is 11.9. The lowest BCUT2D eigenvalue weighted by atomic mass is 9.86. The van der Waals surface area contributed by atoms with Gasteiger partial charge < -0.3 is 16.2 Å². The average molecular weight is 240 g/mol. The molecule has 0 heterocycles. The maximum Gasteiger partial charge on any atom is 0.326 e. The molecule has 96 valence electrons. The molecule has 4 N–H and O–H groups in total. The first-order valence-electron chi connectivity index (χ1n) is 5.69. The molecule has 2 unspecified atom stereocenters.